The predicted molar refractivity (Wildman–Crippen MR) is 153 cm³/mol. The van der Waals surface area contributed by atoms with Gasteiger partial charge in [0, 0.05) is 17.4 Å². The highest BCUT2D eigenvalue weighted by Crippen LogP contribution is 2.32. The van der Waals surface area contributed by atoms with Gasteiger partial charge in [0.25, 0.3) is 5.91 Å². The minimum atomic E-state index is -0.419. The summed E-state index contributed by atoms with van der Waals surface area (Å²) >= 11 is 0. The van der Waals surface area contributed by atoms with Gasteiger partial charge in [-0.2, -0.15) is 0 Å². The van der Waals surface area contributed by atoms with Crippen LogP contribution in [0.4, 0.5) is 16.2 Å². The largest absolute Gasteiger partial charge is 0.480 e. The van der Waals surface area contributed by atoms with Gasteiger partial charge in [0.2, 0.25) is 0 Å². The van der Waals surface area contributed by atoms with E-state index in [1.54, 1.807) is 30.3 Å². The number of urea groups is 1. The van der Waals surface area contributed by atoms with Crippen LogP contribution in [-0.2, 0) is 0 Å². The Kier molecular flexibility index (Phi) is 9.13. The van der Waals surface area contributed by atoms with Gasteiger partial charge < -0.3 is 20.7 Å². The normalized spacial score (nSPS) is 10.7. The highest BCUT2D eigenvalue weighted by Gasteiger charge is 2.22. The number of benzene rings is 4. The Balaban J connectivity index is 1.65. The summed E-state index contributed by atoms with van der Waals surface area (Å²) in [7, 11) is 0. The fourth-order valence-electron chi connectivity index (χ4n) is 4.17. The van der Waals surface area contributed by atoms with Gasteiger partial charge in [-0.3, -0.25) is 4.79 Å². The number of para-hydroxylation sites is 1. The van der Waals surface area contributed by atoms with E-state index in [-0.39, 0.29) is 11.9 Å². The molecule has 3 amide bonds. The molecular weight excluding hydrogens is 474 g/mol. The molecule has 3 N–H and O–H groups in total. The van der Waals surface area contributed by atoms with Crippen molar-refractivity contribution in [2.24, 2.45) is 0 Å². The molecule has 0 saturated heterocycles. The molecule has 0 aliphatic carbocycles. The topological polar surface area (TPSA) is 79.5 Å². The highest BCUT2D eigenvalue weighted by atomic mass is 16.5. The summed E-state index contributed by atoms with van der Waals surface area (Å²) in [6, 6.07) is 33.7. The third kappa shape index (κ3) is 7.01. The van der Waals surface area contributed by atoms with Crippen molar-refractivity contribution in [3.63, 3.8) is 0 Å². The first-order chi connectivity index (χ1) is 18.6. The molecule has 0 atom stereocenters. The van der Waals surface area contributed by atoms with E-state index in [2.05, 4.69) is 16.0 Å². The lowest BCUT2D eigenvalue weighted by atomic mass is 10.0. The van der Waals surface area contributed by atoms with Crippen LogP contribution in [0.25, 0.3) is 0 Å². The maximum absolute atomic E-state index is 13.5. The number of amides is 3. The standard InChI is InChI=1S/C32H33N3O3/c1-3-25(4-2)33-31(36)28-22-27(35-32(37)34-26-18-12-7-13-19-26)20-21-29(28)38-30(23-14-8-5-9-15-23)24-16-10-6-11-17-24/h5-22,25,30H,3-4H2,1-2H3,(H,33,36)(H2,34,35,37). The molecule has 0 spiro atoms. The van der Waals surface area contributed by atoms with Crippen molar-refractivity contribution in [2.75, 3.05) is 10.6 Å². The number of carbonyl (C=O) groups excluding carboxylic acids is 2. The predicted octanol–water partition coefficient (Wildman–Crippen LogP) is 7.42. The van der Waals surface area contributed by atoms with Crippen molar-refractivity contribution < 1.29 is 14.3 Å². The maximum atomic E-state index is 13.5. The monoisotopic (exact) mass is 507 g/mol. The minimum absolute atomic E-state index is 0.0346. The van der Waals surface area contributed by atoms with E-state index in [0.717, 1.165) is 24.0 Å². The van der Waals surface area contributed by atoms with E-state index in [1.807, 2.05) is 92.7 Å². The van der Waals surface area contributed by atoms with Crippen molar-refractivity contribution in [2.45, 2.75) is 38.8 Å². The molecule has 4 aromatic rings. The van der Waals surface area contributed by atoms with Crippen LogP contribution in [0.2, 0.25) is 0 Å². The van der Waals surface area contributed by atoms with E-state index < -0.39 is 12.1 Å². The van der Waals surface area contributed by atoms with Gasteiger partial charge in [0.05, 0.1) is 5.56 Å². The number of carbonyl (C=O) groups is 2. The lowest BCUT2D eigenvalue weighted by Gasteiger charge is -2.23. The molecule has 0 bridgehead atoms. The van der Waals surface area contributed by atoms with Gasteiger partial charge in [-0.1, -0.05) is 92.7 Å². The lowest BCUT2D eigenvalue weighted by Crippen LogP contribution is -2.34. The molecule has 4 rings (SSSR count). The van der Waals surface area contributed by atoms with Crippen molar-refractivity contribution in [3.05, 3.63) is 126 Å². The molecule has 0 aliphatic heterocycles. The van der Waals surface area contributed by atoms with Crippen molar-refractivity contribution in [1.29, 1.82) is 0 Å². The fourth-order valence-corrected chi connectivity index (χ4v) is 4.17. The van der Waals surface area contributed by atoms with Crippen LogP contribution in [0.3, 0.4) is 0 Å². The molecule has 0 heterocycles. The van der Waals surface area contributed by atoms with E-state index >= 15 is 0 Å². The van der Waals surface area contributed by atoms with Crippen LogP contribution >= 0.6 is 0 Å². The van der Waals surface area contributed by atoms with Crippen molar-refractivity contribution in [3.8, 4) is 5.75 Å². The van der Waals surface area contributed by atoms with E-state index in [9.17, 15) is 9.59 Å². The second kappa shape index (κ2) is 13.1. The van der Waals surface area contributed by atoms with Crippen LogP contribution in [0.5, 0.6) is 5.75 Å². The van der Waals surface area contributed by atoms with Crippen LogP contribution in [0, 0.1) is 0 Å². The number of ether oxygens (including phenoxy) is 1. The number of rotatable bonds is 10. The first kappa shape index (κ1) is 26.5. The Hall–Kier alpha value is -4.58. The van der Waals surface area contributed by atoms with Crippen LogP contribution in [0.15, 0.2) is 109 Å². The molecule has 38 heavy (non-hydrogen) atoms. The minimum Gasteiger partial charge on any atom is -0.480 e. The molecule has 0 aromatic heterocycles. The Morgan fingerprint density at radius 3 is 1.76 bits per heavy atom. The van der Waals surface area contributed by atoms with Crippen molar-refractivity contribution in [1.82, 2.24) is 5.32 Å². The molecule has 0 aliphatic rings. The number of hydrogen-bond donors (Lipinski definition) is 3. The molecule has 0 fully saturated rings. The van der Waals surface area contributed by atoms with E-state index in [1.165, 1.54) is 0 Å². The zero-order valence-electron chi connectivity index (χ0n) is 21.7. The fraction of sp³-hybridized carbons (Fsp3) is 0.188. The lowest BCUT2D eigenvalue weighted by molar-refractivity contribution is 0.0929. The summed E-state index contributed by atoms with van der Waals surface area (Å²) in [5.41, 5.74) is 3.44. The number of hydrogen-bond acceptors (Lipinski definition) is 3. The van der Waals surface area contributed by atoms with Gasteiger partial charge in [-0.15, -0.1) is 0 Å². The Morgan fingerprint density at radius 2 is 1.21 bits per heavy atom. The third-order valence-electron chi connectivity index (χ3n) is 6.28. The Labute approximate surface area is 224 Å². The first-order valence-corrected chi connectivity index (χ1v) is 12.9. The number of anilines is 2. The molecular formula is C32H33N3O3. The molecule has 4 aromatic carbocycles. The van der Waals surface area contributed by atoms with Gasteiger partial charge in [-0.25, -0.2) is 4.79 Å². The summed E-state index contributed by atoms with van der Waals surface area (Å²) in [6.07, 6.45) is 1.20. The van der Waals surface area contributed by atoms with Gasteiger partial charge >= 0.3 is 6.03 Å². The van der Waals surface area contributed by atoms with Crippen LogP contribution in [-0.4, -0.2) is 18.0 Å². The molecule has 0 saturated carbocycles. The second-order valence-corrected chi connectivity index (χ2v) is 8.96. The van der Waals surface area contributed by atoms with Gasteiger partial charge in [0.15, 0.2) is 0 Å². The smallest absolute Gasteiger partial charge is 0.323 e. The number of nitrogens with one attached hydrogen (secondary N) is 3. The molecule has 194 valence electrons. The highest BCUT2D eigenvalue weighted by molar-refractivity contribution is 6.02. The van der Waals surface area contributed by atoms with Gasteiger partial charge in [0.1, 0.15) is 11.9 Å². The summed E-state index contributed by atoms with van der Waals surface area (Å²) < 4.78 is 6.55. The molecule has 6 nitrogen and oxygen atoms in total. The second-order valence-electron chi connectivity index (χ2n) is 8.96. The molecule has 6 heteroatoms. The third-order valence-corrected chi connectivity index (χ3v) is 6.28. The van der Waals surface area contributed by atoms with E-state index in [0.29, 0.717) is 22.7 Å². The van der Waals surface area contributed by atoms with E-state index in [4.69, 9.17) is 4.74 Å². The molecule has 0 unspecified atom stereocenters. The summed E-state index contributed by atoms with van der Waals surface area (Å²) in [4.78, 5) is 26.1. The zero-order chi connectivity index (χ0) is 26.7. The van der Waals surface area contributed by atoms with Crippen LogP contribution < -0.4 is 20.7 Å². The first-order valence-electron chi connectivity index (χ1n) is 12.9. The van der Waals surface area contributed by atoms with Gasteiger partial charge in [-0.05, 0) is 54.3 Å². The summed E-state index contributed by atoms with van der Waals surface area (Å²) in [5, 5.41) is 8.72. The maximum Gasteiger partial charge on any atom is 0.323 e. The average Bonchev–Trinajstić information content (AvgIpc) is 2.96. The Morgan fingerprint density at radius 1 is 0.684 bits per heavy atom. The summed E-state index contributed by atoms with van der Waals surface area (Å²) in [5.74, 6) is 0.181. The average molecular weight is 508 g/mol. The zero-order valence-corrected chi connectivity index (χ0v) is 21.7. The molecule has 0 radical (unpaired) electrons. The SMILES string of the molecule is CCC(CC)NC(=O)c1cc(NC(=O)Nc2ccccc2)ccc1OC(c1ccccc1)c1ccccc1. The Bertz CT molecular complexity index is 1280. The quantitative estimate of drug-likeness (QED) is 0.209. The van der Waals surface area contributed by atoms with Crippen LogP contribution in [0.1, 0.15) is 54.3 Å². The van der Waals surface area contributed by atoms with Crippen molar-refractivity contribution >= 4 is 23.3 Å². The summed E-state index contributed by atoms with van der Waals surface area (Å²) in [6.45, 7) is 4.08.